The van der Waals surface area contributed by atoms with Crippen molar-refractivity contribution in [3.05, 3.63) is 35.4 Å². The molecule has 0 aliphatic carbocycles. The number of aryl methyl sites for hydroxylation is 1. The number of hydrogen-bond acceptors (Lipinski definition) is 2. The van der Waals surface area contributed by atoms with Crippen molar-refractivity contribution in [2.24, 2.45) is 11.7 Å². The molecule has 0 saturated heterocycles. The van der Waals surface area contributed by atoms with Crippen molar-refractivity contribution in [1.29, 1.82) is 0 Å². The SMILES string of the molecule is Cc1ccc(C(CN)C(O)C(C)C)cc1. The summed E-state index contributed by atoms with van der Waals surface area (Å²) in [4.78, 5) is 0. The second-order valence-electron chi connectivity index (χ2n) is 4.49. The zero-order valence-electron chi connectivity index (χ0n) is 9.77. The van der Waals surface area contributed by atoms with E-state index in [2.05, 4.69) is 31.2 Å². The van der Waals surface area contributed by atoms with Crippen LogP contribution in [-0.4, -0.2) is 17.8 Å². The molecule has 1 aromatic rings. The summed E-state index contributed by atoms with van der Waals surface area (Å²) in [6.07, 6.45) is -0.363. The molecule has 0 aliphatic rings. The second kappa shape index (κ2) is 5.29. The molecule has 2 atom stereocenters. The molecule has 0 heterocycles. The Morgan fingerprint density at radius 2 is 1.73 bits per heavy atom. The average molecular weight is 207 g/mol. The van der Waals surface area contributed by atoms with Gasteiger partial charge >= 0.3 is 0 Å². The topological polar surface area (TPSA) is 46.2 Å². The molecule has 15 heavy (non-hydrogen) atoms. The normalized spacial score (nSPS) is 15.3. The van der Waals surface area contributed by atoms with Gasteiger partial charge in [-0.3, -0.25) is 0 Å². The van der Waals surface area contributed by atoms with Gasteiger partial charge in [0.1, 0.15) is 0 Å². The van der Waals surface area contributed by atoms with Crippen LogP contribution in [0.5, 0.6) is 0 Å². The molecular formula is C13H21NO. The highest BCUT2D eigenvalue weighted by Gasteiger charge is 2.22. The van der Waals surface area contributed by atoms with Crippen LogP contribution in [0.2, 0.25) is 0 Å². The number of aliphatic hydroxyl groups is 1. The van der Waals surface area contributed by atoms with Gasteiger partial charge in [-0.2, -0.15) is 0 Å². The van der Waals surface area contributed by atoms with E-state index >= 15 is 0 Å². The maximum absolute atomic E-state index is 10.0. The van der Waals surface area contributed by atoms with Gasteiger partial charge in [-0.1, -0.05) is 43.7 Å². The van der Waals surface area contributed by atoms with E-state index in [4.69, 9.17) is 5.73 Å². The first-order valence-corrected chi connectivity index (χ1v) is 5.51. The van der Waals surface area contributed by atoms with Crippen molar-refractivity contribution in [3.63, 3.8) is 0 Å². The van der Waals surface area contributed by atoms with Crippen molar-refractivity contribution in [2.75, 3.05) is 6.54 Å². The number of rotatable bonds is 4. The largest absolute Gasteiger partial charge is 0.392 e. The monoisotopic (exact) mass is 207 g/mol. The van der Waals surface area contributed by atoms with Crippen molar-refractivity contribution in [2.45, 2.75) is 32.8 Å². The van der Waals surface area contributed by atoms with Crippen LogP contribution >= 0.6 is 0 Å². The molecule has 0 aliphatic heterocycles. The van der Waals surface area contributed by atoms with E-state index in [0.717, 1.165) is 5.56 Å². The summed E-state index contributed by atoms with van der Waals surface area (Å²) in [6.45, 7) is 6.57. The Hall–Kier alpha value is -0.860. The van der Waals surface area contributed by atoms with E-state index in [1.165, 1.54) is 5.56 Å². The molecule has 1 rings (SSSR count). The standard InChI is InChI=1S/C13H21NO/c1-9(2)13(15)12(8-14)11-6-4-10(3)5-7-11/h4-7,9,12-13,15H,8,14H2,1-3H3. The molecule has 84 valence electrons. The van der Waals surface area contributed by atoms with Gasteiger partial charge in [-0.05, 0) is 18.4 Å². The maximum atomic E-state index is 10.0. The summed E-state index contributed by atoms with van der Waals surface area (Å²) >= 11 is 0. The van der Waals surface area contributed by atoms with Gasteiger partial charge in [0.25, 0.3) is 0 Å². The molecule has 1 aromatic carbocycles. The van der Waals surface area contributed by atoms with Gasteiger partial charge < -0.3 is 10.8 Å². The minimum Gasteiger partial charge on any atom is -0.392 e. The summed E-state index contributed by atoms with van der Waals surface area (Å²) < 4.78 is 0. The van der Waals surface area contributed by atoms with Crippen LogP contribution < -0.4 is 5.73 Å². The number of hydrogen-bond donors (Lipinski definition) is 2. The fourth-order valence-corrected chi connectivity index (χ4v) is 1.75. The van der Waals surface area contributed by atoms with Gasteiger partial charge in [-0.15, -0.1) is 0 Å². The molecular weight excluding hydrogens is 186 g/mol. The van der Waals surface area contributed by atoms with E-state index in [9.17, 15) is 5.11 Å². The molecule has 0 radical (unpaired) electrons. The molecule has 0 fully saturated rings. The first-order valence-electron chi connectivity index (χ1n) is 5.51. The number of benzene rings is 1. The highest BCUT2D eigenvalue weighted by Crippen LogP contribution is 2.23. The third-order valence-electron chi connectivity index (χ3n) is 2.85. The highest BCUT2D eigenvalue weighted by atomic mass is 16.3. The van der Waals surface area contributed by atoms with E-state index in [1.54, 1.807) is 0 Å². The van der Waals surface area contributed by atoms with Crippen LogP contribution in [0.4, 0.5) is 0 Å². The van der Waals surface area contributed by atoms with Crippen LogP contribution in [0.15, 0.2) is 24.3 Å². The Labute approximate surface area is 92.1 Å². The summed E-state index contributed by atoms with van der Waals surface area (Å²) in [5.41, 5.74) is 8.08. The zero-order chi connectivity index (χ0) is 11.4. The number of aliphatic hydroxyl groups excluding tert-OH is 1. The van der Waals surface area contributed by atoms with E-state index in [1.807, 2.05) is 13.8 Å². The summed E-state index contributed by atoms with van der Waals surface area (Å²) in [6, 6.07) is 8.23. The predicted octanol–water partition coefficient (Wildman–Crippen LogP) is 2.05. The quantitative estimate of drug-likeness (QED) is 0.793. The smallest absolute Gasteiger partial charge is 0.0643 e. The van der Waals surface area contributed by atoms with Crippen molar-refractivity contribution < 1.29 is 5.11 Å². The van der Waals surface area contributed by atoms with Gasteiger partial charge in [0.2, 0.25) is 0 Å². The Morgan fingerprint density at radius 3 is 2.13 bits per heavy atom. The fourth-order valence-electron chi connectivity index (χ4n) is 1.75. The average Bonchev–Trinajstić information content (AvgIpc) is 2.21. The molecule has 0 spiro atoms. The Morgan fingerprint density at radius 1 is 1.20 bits per heavy atom. The minimum absolute atomic E-state index is 0.0469. The highest BCUT2D eigenvalue weighted by molar-refractivity contribution is 5.25. The van der Waals surface area contributed by atoms with Crippen molar-refractivity contribution in [3.8, 4) is 0 Å². The lowest BCUT2D eigenvalue weighted by Crippen LogP contribution is -2.29. The minimum atomic E-state index is -0.363. The first-order chi connectivity index (χ1) is 7.06. The van der Waals surface area contributed by atoms with Gasteiger partial charge in [0.15, 0.2) is 0 Å². The fraction of sp³-hybridized carbons (Fsp3) is 0.538. The molecule has 0 bridgehead atoms. The Bertz CT molecular complexity index is 292. The van der Waals surface area contributed by atoms with E-state index < -0.39 is 0 Å². The van der Waals surface area contributed by atoms with Crippen molar-refractivity contribution in [1.82, 2.24) is 0 Å². The summed E-state index contributed by atoms with van der Waals surface area (Å²) in [5.74, 6) is 0.283. The number of nitrogens with two attached hydrogens (primary N) is 1. The van der Waals surface area contributed by atoms with Crippen LogP contribution in [0.3, 0.4) is 0 Å². The molecule has 0 saturated carbocycles. The lowest BCUT2D eigenvalue weighted by atomic mass is 9.87. The van der Waals surface area contributed by atoms with E-state index in [0.29, 0.717) is 6.54 Å². The zero-order valence-corrected chi connectivity index (χ0v) is 9.77. The lowest BCUT2D eigenvalue weighted by Gasteiger charge is -2.25. The van der Waals surface area contributed by atoms with Crippen LogP contribution in [0.1, 0.15) is 30.9 Å². The molecule has 0 aromatic heterocycles. The lowest BCUT2D eigenvalue weighted by molar-refractivity contribution is 0.0985. The Balaban J connectivity index is 2.87. The second-order valence-corrected chi connectivity index (χ2v) is 4.49. The van der Waals surface area contributed by atoms with Gasteiger partial charge in [0.05, 0.1) is 6.10 Å². The molecule has 2 unspecified atom stereocenters. The molecule has 2 nitrogen and oxygen atoms in total. The predicted molar refractivity (Wildman–Crippen MR) is 63.8 cm³/mol. The third-order valence-corrected chi connectivity index (χ3v) is 2.85. The third kappa shape index (κ3) is 3.05. The van der Waals surface area contributed by atoms with Crippen LogP contribution in [0, 0.1) is 12.8 Å². The van der Waals surface area contributed by atoms with Crippen molar-refractivity contribution >= 4 is 0 Å². The summed E-state index contributed by atoms with van der Waals surface area (Å²) in [5, 5.41) is 10.0. The maximum Gasteiger partial charge on any atom is 0.0643 e. The molecule has 0 amide bonds. The van der Waals surface area contributed by atoms with E-state index in [-0.39, 0.29) is 17.9 Å². The molecule has 3 N–H and O–H groups in total. The van der Waals surface area contributed by atoms with Gasteiger partial charge in [-0.25, -0.2) is 0 Å². The molecule has 2 heteroatoms. The van der Waals surface area contributed by atoms with Crippen LogP contribution in [0.25, 0.3) is 0 Å². The van der Waals surface area contributed by atoms with Crippen LogP contribution in [-0.2, 0) is 0 Å². The first kappa shape index (κ1) is 12.2. The Kier molecular flexibility index (Phi) is 4.30. The summed E-state index contributed by atoms with van der Waals surface area (Å²) in [7, 11) is 0. The van der Waals surface area contributed by atoms with Gasteiger partial charge in [0, 0.05) is 12.5 Å².